The molecule has 2 N–H and O–H groups in total. The van der Waals surface area contributed by atoms with Crippen LogP contribution < -0.4 is 10.6 Å². The summed E-state index contributed by atoms with van der Waals surface area (Å²) < 4.78 is 2.08. The molecule has 1 heterocycles. The van der Waals surface area contributed by atoms with Crippen LogP contribution in [-0.2, 0) is 13.6 Å². The van der Waals surface area contributed by atoms with E-state index in [-0.39, 0.29) is 6.04 Å². The first-order valence-corrected chi connectivity index (χ1v) is 9.07. The molecule has 136 valence electrons. The first-order valence-electron chi connectivity index (χ1n) is 8.32. The van der Waals surface area contributed by atoms with E-state index in [4.69, 9.17) is 23.2 Å². The van der Waals surface area contributed by atoms with Crippen LogP contribution in [-0.4, -0.2) is 22.6 Å². The smallest absolute Gasteiger partial charge is 0.191 e. The molecule has 0 saturated carbocycles. The zero-order valence-electron chi connectivity index (χ0n) is 14.9. The highest BCUT2D eigenvalue weighted by molar-refractivity contribution is 6.35. The van der Waals surface area contributed by atoms with E-state index < -0.39 is 0 Å². The van der Waals surface area contributed by atoms with Crippen molar-refractivity contribution in [3.8, 4) is 0 Å². The van der Waals surface area contributed by atoms with Crippen molar-refractivity contribution in [1.29, 1.82) is 0 Å². The van der Waals surface area contributed by atoms with Gasteiger partial charge in [-0.05, 0) is 36.8 Å². The van der Waals surface area contributed by atoms with Crippen LogP contribution >= 0.6 is 23.2 Å². The van der Waals surface area contributed by atoms with E-state index in [0.717, 1.165) is 22.4 Å². The molecule has 1 aromatic heterocycles. The fourth-order valence-corrected chi connectivity index (χ4v) is 3.42. The molecule has 0 saturated heterocycles. The quantitative estimate of drug-likeness (QED) is 0.516. The molecule has 0 bridgehead atoms. The Morgan fingerprint density at radius 2 is 2.00 bits per heavy atom. The number of imidazole rings is 1. The summed E-state index contributed by atoms with van der Waals surface area (Å²) in [6.45, 7) is 2.59. The summed E-state index contributed by atoms with van der Waals surface area (Å²) in [5.74, 6) is 1.61. The zero-order valence-corrected chi connectivity index (χ0v) is 16.4. The summed E-state index contributed by atoms with van der Waals surface area (Å²) in [5.41, 5.74) is 3.05. The van der Waals surface area contributed by atoms with Crippen molar-refractivity contribution in [1.82, 2.24) is 20.2 Å². The number of aromatic nitrogens is 2. The van der Waals surface area contributed by atoms with Crippen LogP contribution in [0.2, 0.25) is 10.0 Å². The van der Waals surface area contributed by atoms with Crippen LogP contribution in [0.4, 0.5) is 0 Å². The number of halogens is 2. The van der Waals surface area contributed by atoms with Crippen molar-refractivity contribution in [3.05, 3.63) is 63.9 Å². The molecular weight excluding hydrogens is 369 g/mol. The Hall–Kier alpha value is -2.24. The second-order valence-corrected chi connectivity index (χ2v) is 6.88. The summed E-state index contributed by atoms with van der Waals surface area (Å²) in [6.07, 6.45) is 0. The summed E-state index contributed by atoms with van der Waals surface area (Å²) in [4.78, 5) is 8.95. The lowest BCUT2D eigenvalue weighted by atomic mass is 10.1. The lowest BCUT2D eigenvalue weighted by Crippen LogP contribution is -2.38. The Bertz CT molecular complexity index is 948. The van der Waals surface area contributed by atoms with E-state index in [0.29, 0.717) is 22.5 Å². The average Bonchev–Trinajstić information content (AvgIpc) is 2.94. The van der Waals surface area contributed by atoms with Crippen LogP contribution in [0, 0.1) is 0 Å². The molecule has 1 atom stereocenters. The number of rotatable bonds is 4. The van der Waals surface area contributed by atoms with E-state index in [1.54, 1.807) is 13.1 Å². The van der Waals surface area contributed by atoms with Gasteiger partial charge in [0.05, 0.1) is 23.6 Å². The second kappa shape index (κ2) is 7.98. The van der Waals surface area contributed by atoms with E-state index in [1.165, 1.54) is 0 Å². The summed E-state index contributed by atoms with van der Waals surface area (Å²) in [6, 6.07) is 13.5. The van der Waals surface area contributed by atoms with E-state index >= 15 is 0 Å². The summed E-state index contributed by atoms with van der Waals surface area (Å²) in [7, 11) is 3.75. The fourth-order valence-electron chi connectivity index (χ4n) is 2.85. The predicted molar refractivity (Wildman–Crippen MR) is 109 cm³/mol. The minimum Gasteiger partial charge on any atom is -0.350 e. The maximum Gasteiger partial charge on any atom is 0.191 e. The van der Waals surface area contributed by atoms with Crippen LogP contribution in [0.25, 0.3) is 11.0 Å². The van der Waals surface area contributed by atoms with Gasteiger partial charge < -0.3 is 15.2 Å². The van der Waals surface area contributed by atoms with Crippen LogP contribution in [0.15, 0.2) is 47.5 Å². The molecule has 7 heteroatoms. The third-order valence-electron chi connectivity index (χ3n) is 4.30. The van der Waals surface area contributed by atoms with Gasteiger partial charge in [0.1, 0.15) is 5.82 Å². The molecule has 0 radical (unpaired) electrons. The number of hydrogen-bond donors (Lipinski definition) is 2. The monoisotopic (exact) mass is 389 g/mol. The second-order valence-electron chi connectivity index (χ2n) is 6.03. The van der Waals surface area contributed by atoms with Gasteiger partial charge in [-0.15, -0.1) is 0 Å². The van der Waals surface area contributed by atoms with Gasteiger partial charge >= 0.3 is 0 Å². The van der Waals surface area contributed by atoms with Gasteiger partial charge in [-0.25, -0.2) is 4.98 Å². The lowest BCUT2D eigenvalue weighted by Gasteiger charge is -2.19. The van der Waals surface area contributed by atoms with Crippen molar-refractivity contribution in [2.45, 2.75) is 19.5 Å². The first kappa shape index (κ1) is 18.5. The Morgan fingerprint density at radius 3 is 2.69 bits per heavy atom. The maximum absolute atomic E-state index is 6.29. The highest BCUT2D eigenvalue weighted by atomic mass is 35.5. The van der Waals surface area contributed by atoms with E-state index in [2.05, 4.69) is 31.2 Å². The SMILES string of the molecule is CN=C(NCc1nc2ccccc2n1C)NC(C)c1ccc(Cl)cc1Cl. The number of aryl methyl sites for hydroxylation is 1. The largest absolute Gasteiger partial charge is 0.350 e. The molecular formula is C19H21Cl2N5. The van der Waals surface area contributed by atoms with E-state index in [9.17, 15) is 0 Å². The molecule has 0 aliphatic carbocycles. The number of guanidine groups is 1. The molecule has 0 spiro atoms. The van der Waals surface area contributed by atoms with Crippen molar-refractivity contribution in [2.75, 3.05) is 7.05 Å². The minimum absolute atomic E-state index is 0.0218. The van der Waals surface area contributed by atoms with Crippen LogP contribution in [0.5, 0.6) is 0 Å². The molecule has 3 rings (SSSR count). The molecule has 26 heavy (non-hydrogen) atoms. The Balaban J connectivity index is 1.68. The molecule has 0 fully saturated rings. The van der Waals surface area contributed by atoms with Gasteiger partial charge in [0.15, 0.2) is 5.96 Å². The fraction of sp³-hybridized carbons (Fsp3) is 0.263. The highest BCUT2D eigenvalue weighted by Gasteiger charge is 2.13. The maximum atomic E-state index is 6.29. The standard InChI is InChI=1S/C19H21Cl2N5/c1-12(14-9-8-13(20)10-15(14)21)24-19(22-2)23-11-18-25-16-6-4-5-7-17(16)26(18)3/h4-10,12H,11H2,1-3H3,(H2,22,23,24). The number of nitrogens with zero attached hydrogens (tertiary/aromatic N) is 3. The van der Waals surface area contributed by atoms with Crippen molar-refractivity contribution >= 4 is 40.2 Å². The van der Waals surface area contributed by atoms with Gasteiger partial charge in [-0.2, -0.15) is 0 Å². The normalized spacial score (nSPS) is 13.0. The van der Waals surface area contributed by atoms with Crippen molar-refractivity contribution in [3.63, 3.8) is 0 Å². The molecule has 3 aromatic rings. The van der Waals surface area contributed by atoms with Crippen LogP contribution in [0.1, 0.15) is 24.4 Å². The van der Waals surface area contributed by atoms with Gasteiger partial charge in [0, 0.05) is 24.1 Å². The van der Waals surface area contributed by atoms with Gasteiger partial charge in [0.2, 0.25) is 0 Å². The Labute approximate surface area is 163 Å². The predicted octanol–water partition coefficient (Wildman–Crippen LogP) is 4.31. The van der Waals surface area contributed by atoms with Crippen molar-refractivity contribution < 1.29 is 0 Å². The minimum atomic E-state index is -0.0218. The number of aliphatic imine (C=N–C) groups is 1. The topological polar surface area (TPSA) is 54.2 Å². The molecule has 0 aliphatic heterocycles. The number of hydrogen-bond acceptors (Lipinski definition) is 2. The number of para-hydroxylation sites is 2. The van der Waals surface area contributed by atoms with Crippen molar-refractivity contribution in [2.24, 2.45) is 12.0 Å². The van der Waals surface area contributed by atoms with Crippen LogP contribution in [0.3, 0.4) is 0 Å². The molecule has 5 nitrogen and oxygen atoms in total. The zero-order chi connectivity index (χ0) is 18.7. The molecule has 0 aliphatic rings. The molecule has 1 unspecified atom stereocenters. The third kappa shape index (κ3) is 3.94. The number of nitrogens with one attached hydrogen (secondary N) is 2. The summed E-state index contributed by atoms with van der Waals surface area (Å²) in [5, 5.41) is 7.90. The highest BCUT2D eigenvalue weighted by Crippen LogP contribution is 2.26. The Morgan fingerprint density at radius 1 is 1.23 bits per heavy atom. The number of fused-ring (bicyclic) bond motifs is 1. The average molecular weight is 390 g/mol. The molecule has 2 aromatic carbocycles. The number of benzene rings is 2. The third-order valence-corrected chi connectivity index (χ3v) is 4.86. The van der Waals surface area contributed by atoms with Gasteiger partial charge in [-0.3, -0.25) is 4.99 Å². The van der Waals surface area contributed by atoms with Gasteiger partial charge in [0.25, 0.3) is 0 Å². The first-order chi connectivity index (χ1) is 12.5. The Kier molecular flexibility index (Phi) is 5.69. The van der Waals surface area contributed by atoms with E-state index in [1.807, 2.05) is 44.3 Å². The molecule has 0 amide bonds. The van der Waals surface area contributed by atoms with Gasteiger partial charge in [-0.1, -0.05) is 41.4 Å². The summed E-state index contributed by atoms with van der Waals surface area (Å²) >= 11 is 12.3. The lowest BCUT2D eigenvalue weighted by molar-refractivity contribution is 0.672.